The lowest BCUT2D eigenvalue weighted by molar-refractivity contribution is -0.384. The van der Waals surface area contributed by atoms with Crippen molar-refractivity contribution in [3.8, 4) is 0 Å². The fraction of sp³-hybridized carbons (Fsp3) is 0.409. The number of carbonyl (C=O) groups is 1. The minimum absolute atomic E-state index is 0. The Hall–Kier alpha value is -2.80. The zero-order valence-corrected chi connectivity index (χ0v) is 17.9. The molecule has 2 N–H and O–H groups in total. The molecular weight excluding hydrogens is 404 g/mol. The fourth-order valence-electron chi connectivity index (χ4n) is 4.50. The minimum Gasteiger partial charge on any atom is -0.398 e. The molecule has 2 heterocycles. The van der Waals surface area contributed by atoms with Crippen LogP contribution in [0.4, 0.5) is 22.7 Å². The molecule has 7 nitrogen and oxygen atoms in total. The molecule has 8 heteroatoms. The number of benzene rings is 2. The smallest absolute Gasteiger partial charge is 0.293 e. The molecule has 1 unspecified atom stereocenters. The Balaban J connectivity index is 0.00000256. The van der Waals surface area contributed by atoms with Gasteiger partial charge in [0.15, 0.2) is 0 Å². The highest BCUT2D eigenvalue weighted by atomic mass is 35.5. The monoisotopic (exact) mass is 430 g/mol. The Morgan fingerprint density at radius 3 is 2.70 bits per heavy atom. The van der Waals surface area contributed by atoms with Gasteiger partial charge in [-0.2, -0.15) is 0 Å². The number of amides is 1. The number of hydrogen-bond acceptors (Lipinski definition) is 5. The number of anilines is 3. The molecule has 2 aromatic carbocycles. The van der Waals surface area contributed by atoms with Gasteiger partial charge in [-0.3, -0.25) is 14.9 Å². The van der Waals surface area contributed by atoms with Crippen molar-refractivity contribution in [1.82, 2.24) is 0 Å². The van der Waals surface area contributed by atoms with Crippen molar-refractivity contribution in [1.29, 1.82) is 0 Å². The molecule has 4 rings (SSSR count). The zero-order chi connectivity index (χ0) is 20.5. The Labute approximate surface area is 182 Å². The summed E-state index contributed by atoms with van der Waals surface area (Å²) in [5.41, 5.74) is 9.47. The molecule has 0 bridgehead atoms. The number of halogens is 1. The van der Waals surface area contributed by atoms with E-state index in [4.69, 9.17) is 5.73 Å². The lowest BCUT2D eigenvalue weighted by atomic mass is 9.98. The molecule has 0 aliphatic carbocycles. The van der Waals surface area contributed by atoms with E-state index in [0.717, 1.165) is 50.0 Å². The van der Waals surface area contributed by atoms with Crippen LogP contribution in [0, 0.1) is 16.0 Å². The van der Waals surface area contributed by atoms with E-state index < -0.39 is 0 Å². The van der Waals surface area contributed by atoms with Crippen LogP contribution in [0.15, 0.2) is 36.4 Å². The highest BCUT2D eigenvalue weighted by Gasteiger charge is 2.28. The van der Waals surface area contributed by atoms with Crippen molar-refractivity contribution in [3.63, 3.8) is 0 Å². The number of rotatable bonds is 3. The van der Waals surface area contributed by atoms with Crippen LogP contribution in [0.3, 0.4) is 0 Å². The summed E-state index contributed by atoms with van der Waals surface area (Å²) in [6.45, 7) is 4.34. The lowest BCUT2D eigenvalue weighted by Crippen LogP contribution is -2.36. The lowest BCUT2D eigenvalue weighted by Gasteiger charge is -2.33. The predicted octanol–water partition coefficient (Wildman–Crippen LogP) is 4.43. The van der Waals surface area contributed by atoms with Gasteiger partial charge in [0.2, 0.25) is 0 Å². The van der Waals surface area contributed by atoms with Gasteiger partial charge in [0.1, 0.15) is 5.69 Å². The topological polar surface area (TPSA) is 92.7 Å². The molecule has 1 amide bonds. The first-order valence-corrected chi connectivity index (χ1v) is 10.2. The van der Waals surface area contributed by atoms with Gasteiger partial charge in [0, 0.05) is 42.6 Å². The third-order valence-corrected chi connectivity index (χ3v) is 5.95. The Kier molecular flexibility index (Phi) is 6.51. The second kappa shape index (κ2) is 8.92. The summed E-state index contributed by atoms with van der Waals surface area (Å²) in [6.07, 6.45) is 3.81. The molecule has 0 spiro atoms. The zero-order valence-electron chi connectivity index (χ0n) is 17.0. The summed E-state index contributed by atoms with van der Waals surface area (Å²) in [4.78, 5) is 28.4. The quantitative estimate of drug-likeness (QED) is 0.441. The van der Waals surface area contributed by atoms with E-state index in [0.29, 0.717) is 29.4 Å². The molecule has 30 heavy (non-hydrogen) atoms. The number of hydrogen-bond donors (Lipinski definition) is 1. The van der Waals surface area contributed by atoms with Gasteiger partial charge < -0.3 is 15.5 Å². The average molecular weight is 431 g/mol. The number of nitrogen functional groups attached to an aromatic ring is 1. The van der Waals surface area contributed by atoms with Crippen LogP contribution in [0.5, 0.6) is 0 Å². The van der Waals surface area contributed by atoms with Gasteiger partial charge >= 0.3 is 0 Å². The first-order chi connectivity index (χ1) is 14.0. The normalized spacial score (nSPS) is 18.4. The van der Waals surface area contributed by atoms with Gasteiger partial charge in [0.25, 0.3) is 11.6 Å². The Morgan fingerprint density at radius 1 is 1.17 bits per heavy atom. The summed E-state index contributed by atoms with van der Waals surface area (Å²) >= 11 is 0. The molecule has 0 aromatic heterocycles. The van der Waals surface area contributed by atoms with Crippen molar-refractivity contribution in [3.05, 3.63) is 57.6 Å². The molecule has 1 atom stereocenters. The van der Waals surface area contributed by atoms with Crippen LogP contribution in [0.1, 0.15) is 42.1 Å². The predicted molar refractivity (Wildman–Crippen MR) is 122 cm³/mol. The maximum Gasteiger partial charge on any atom is 0.293 e. The molecule has 2 aliphatic heterocycles. The van der Waals surface area contributed by atoms with E-state index in [1.807, 2.05) is 18.2 Å². The molecule has 0 saturated carbocycles. The maximum atomic E-state index is 13.2. The number of nitro benzene ring substituents is 1. The van der Waals surface area contributed by atoms with E-state index in [-0.39, 0.29) is 28.9 Å². The van der Waals surface area contributed by atoms with E-state index >= 15 is 0 Å². The first kappa shape index (κ1) is 21.9. The number of piperidine rings is 1. The Morgan fingerprint density at radius 2 is 1.97 bits per heavy atom. The van der Waals surface area contributed by atoms with Crippen LogP contribution in [-0.2, 0) is 6.42 Å². The van der Waals surface area contributed by atoms with E-state index in [1.165, 1.54) is 6.07 Å². The van der Waals surface area contributed by atoms with Crippen molar-refractivity contribution in [2.75, 3.05) is 35.2 Å². The van der Waals surface area contributed by atoms with Gasteiger partial charge in [-0.05, 0) is 61.4 Å². The Bertz CT molecular complexity index is 965. The van der Waals surface area contributed by atoms with Crippen LogP contribution in [0.25, 0.3) is 0 Å². The molecule has 0 radical (unpaired) electrons. The number of fused-ring (bicyclic) bond motifs is 1. The van der Waals surface area contributed by atoms with Gasteiger partial charge in [-0.25, -0.2) is 0 Å². The summed E-state index contributed by atoms with van der Waals surface area (Å²) in [6, 6.07) is 10.4. The summed E-state index contributed by atoms with van der Waals surface area (Å²) < 4.78 is 0. The highest BCUT2D eigenvalue weighted by Crippen LogP contribution is 2.35. The van der Waals surface area contributed by atoms with Gasteiger partial charge in [-0.1, -0.05) is 13.0 Å². The van der Waals surface area contributed by atoms with Gasteiger partial charge in [-0.15, -0.1) is 12.4 Å². The number of nitro groups is 1. The van der Waals surface area contributed by atoms with Crippen molar-refractivity contribution in [2.24, 2.45) is 5.92 Å². The number of nitrogens with zero attached hydrogens (tertiary/aromatic N) is 3. The maximum absolute atomic E-state index is 13.2. The van der Waals surface area contributed by atoms with Crippen molar-refractivity contribution < 1.29 is 9.72 Å². The molecule has 2 aromatic rings. The number of carbonyl (C=O) groups excluding carboxylic acids is 1. The minimum atomic E-state index is -0.381. The first-order valence-electron chi connectivity index (χ1n) is 10.2. The second-order valence-electron chi connectivity index (χ2n) is 8.06. The SMILES string of the molecule is CC1CCCN(c2ccc(C(=O)N3CCCc4c(N)cccc43)cc2[N+](=O)[O-])C1.Cl. The second-order valence-corrected chi connectivity index (χ2v) is 8.06. The van der Waals surface area contributed by atoms with Crippen LogP contribution >= 0.6 is 12.4 Å². The molecule has 1 saturated heterocycles. The van der Waals surface area contributed by atoms with Gasteiger partial charge in [0.05, 0.1) is 4.92 Å². The summed E-state index contributed by atoms with van der Waals surface area (Å²) in [7, 11) is 0. The largest absolute Gasteiger partial charge is 0.398 e. The third-order valence-electron chi connectivity index (χ3n) is 5.95. The average Bonchev–Trinajstić information content (AvgIpc) is 2.73. The molecule has 2 aliphatic rings. The van der Waals surface area contributed by atoms with E-state index in [1.54, 1.807) is 17.0 Å². The van der Waals surface area contributed by atoms with Crippen LogP contribution in [0.2, 0.25) is 0 Å². The third kappa shape index (κ3) is 4.07. The summed E-state index contributed by atoms with van der Waals surface area (Å²) in [5, 5.41) is 11.8. The van der Waals surface area contributed by atoms with Crippen molar-refractivity contribution >= 4 is 41.1 Å². The number of nitrogens with two attached hydrogens (primary N) is 1. The van der Waals surface area contributed by atoms with E-state index in [2.05, 4.69) is 11.8 Å². The highest BCUT2D eigenvalue weighted by molar-refractivity contribution is 6.07. The molecule has 1 fully saturated rings. The molecular formula is C22H27ClN4O3. The fourth-order valence-corrected chi connectivity index (χ4v) is 4.50. The standard InChI is InChI=1S/C22H26N4O3.ClH/c1-15-5-3-11-24(14-15)20-10-9-16(13-21(20)26(28)29)22(27)25-12-4-6-17-18(23)7-2-8-19(17)25;/h2,7-10,13,15H,3-6,11-12,14,23H2,1H3;1H. The summed E-state index contributed by atoms with van der Waals surface area (Å²) in [5.74, 6) is 0.276. The van der Waals surface area contributed by atoms with Crippen LogP contribution < -0.4 is 15.5 Å². The van der Waals surface area contributed by atoms with Crippen LogP contribution in [-0.4, -0.2) is 30.5 Å². The van der Waals surface area contributed by atoms with E-state index in [9.17, 15) is 14.9 Å². The van der Waals surface area contributed by atoms with Crippen molar-refractivity contribution in [2.45, 2.75) is 32.6 Å². The molecule has 160 valence electrons.